The molecule has 0 radical (unpaired) electrons. The summed E-state index contributed by atoms with van der Waals surface area (Å²) in [5.41, 5.74) is -0.0561. The van der Waals surface area contributed by atoms with E-state index in [-0.39, 0.29) is 18.0 Å². The van der Waals surface area contributed by atoms with Gasteiger partial charge in [0.1, 0.15) is 17.1 Å². The minimum Gasteiger partial charge on any atom is -0.495 e. The van der Waals surface area contributed by atoms with Crippen molar-refractivity contribution in [2.75, 3.05) is 46.2 Å². The van der Waals surface area contributed by atoms with Gasteiger partial charge in [-0.25, -0.2) is 9.59 Å². The van der Waals surface area contributed by atoms with Crippen LogP contribution in [0.3, 0.4) is 0 Å². The highest BCUT2D eigenvalue weighted by atomic mass is 35.5. The van der Waals surface area contributed by atoms with Crippen molar-refractivity contribution in [1.29, 1.82) is 0 Å². The number of hydrogen-bond donors (Lipinski definition) is 1. The van der Waals surface area contributed by atoms with E-state index >= 15 is 0 Å². The number of likely N-dealkylation sites (tertiary alicyclic amines) is 1. The van der Waals surface area contributed by atoms with Crippen LogP contribution >= 0.6 is 11.6 Å². The van der Waals surface area contributed by atoms with Crippen LogP contribution in [0.15, 0.2) is 12.1 Å². The Labute approximate surface area is 183 Å². The zero-order valence-electron chi connectivity index (χ0n) is 18.6. The topological polar surface area (TPSA) is 80.3 Å². The molecule has 1 atom stereocenters. The second kappa shape index (κ2) is 10.1. The molecule has 1 unspecified atom stereocenters. The molecule has 1 heterocycles. The Kier molecular flexibility index (Phi) is 8.06. The Balaban J connectivity index is 2.00. The third-order valence-corrected chi connectivity index (χ3v) is 5.05. The summed E-state index contributed by atoms with van der Waals surface area (Å²) in [6.07, 6.45) is 1.44. The molecule has 8 nitrogen and oxygen atoms in total. The molecule has 1 aromatic carbocycles. The summed E-state index contributed by atoms with van der Waals surface area (Å²) in [6.45, 7) is 7.23. The molecule has 1 fully saturated rings. The van der Waals surface area contributed by atoms with E-state index in [2.05, 4.69) is 5.32 Å². The molecule has 1 aliphatic rings. The van der Waals surface area contributed by atoms with Crippen LogP contribution in [0.5, 0.6) is 11.5 Å². The number of urea groups is 1. The summed E-state index contributed by atoms with van der Waals surface area (Å²) in [7, 11) is 4.74. The van der Waals surface area contributed by atoms with Gasteiger partial charge in [-0.15, -0.1) is 0 Å². The van der Waals surface area contributed by atoms with Gasteiger partial charge in [0.15, 0.2) is 0 Å². The zero-order valence-corrected chi connectivity index (χ0v) is 19.3. The first-order valence-corrected chi connectivity index (χ1v) is 10.3. The number of carbonyl (C=O) groups is 2. The van der Waals surface area contributed by atoms with Gasteiger partial charge in [0, 0.05) is 38.8 Å². The molecule has 0 aliphatic carbocycles. The van der Waals surface area contributed by atoms with E-state index in [9.17, 15) is 9.59 Å². The van der Waals surface area contributed by atoms with Crippen LogP contribution in [0.25, 0.3) is 0 Å². The second-order valence-corrected chi connectivity index (χ2v) is 8.84. The Morgan fingerprint density at radius 1 is 1.23 bits per heavy atom. The molecular formula is C21H32ClN3O5. The average Bonchev–Trinajstić information content (AvgIpc) is 2.67. The Morgan fingerprint density at radius 3 is 2.50 bits per heavy atom. The molecule has 9 heteroatoms. The number of methoxy groups -OCH3 is 2. The van der Waals surface area contributed by atoms with Crippen molar-refractivity contribution < 1.29 is 23.8 Å². The molecule has 1 saturated heterocycles. The van der Waals surface area contributed by atoms with E-state index in [0.29, 0.717) is 41.8 Å². The number of benzene rings is 1. The largest absolute Gasteiger partial charge is 0.495 e. The van der Waals surface area contributed by atoms with Crippen LogP contribution in [0.2, 0.25) is 5.02 Å². The Bertz CT molecular complexity index is 766. The zero-order chi connectivity index (χ0) is 22.5. The van der Waals surface area contributed by atoms with E-state index in [1.165, 1.54) is 14.2 Å². The van der Waals surface area contributed by atoms with Crippen molar-refractivity contribution in [3.63, 3.8) is 0 Å². The predicted molar refractivity (Wildman–Crippen MR) is 117 cm³/mol. The van der Waals surface area contributed by atoms with Crippen molar-refractivity contribution in [3.05, 3.63) is 17.2 Å². The van der Waals surface area contributed by atoms with E-state index in [4.69, 9.17) is 25.8 Å². The SMILES string of the molecule is COc1cc(NC(=O)N2CCCC(CN(C)C(=O)OC(C)(C)C)C2)c(OC)cc1Cl. The number of rotatable bonds is 5. The van der Waals surface area contributed by atoms with Gasteiger partial charge in [0.05, 0.1) is 24.9 Å². The highest BCUT2D eigenvalue weighted by Crippen LogP contribution is 2.36. The van der Waals surface area contributed by atoms with Crippen LogP contribution in [-0.4, -0.2) is 68.4 Å². The number of nitrogens with zero attached hydrogens (tertiary/aromatic N) is 2. The third kappa shape index (κ3) is 6.58. The molecule has 2 rings (SSSR count). The summed E-state index contributed by atoms with van der Waals surface area (Å²) < 4.78 is 16.0. The highest BCUT2D eigenvalue weighted by molar-refractivity contribution is 6.32. The maximum atomic E-state index is 12.9. The lowest BCUT2D eigenvalue weighted by Crippen LogP contribution is -2.46. The predicted octanol–water partition coefficient (Wildman–Crippen LogP) is 4.47. The maximum Gasteiger partial charge on any atom is 0.410 e. The molecule has 0 spiro atoms. The minimum absolute atomic E-state index is 0.170. The van der Waals surface area contributed by atoms with E-state index in [0.717, 1.165) is 12.8 Å². The van der Waals surface area contributed by atoms with Crippen molar-refractivity contribution in [3.8, 4) is 11.5 Å². The lowest BCUT2D eigenvalue weighted by atomic mass is 9.98. The van der Waals surface area contributed by atoms with E-state index in [1.54, 1.807) is 29.0 Å². The van der Waals surface area contributed by atoms with E-state index < -0.39 is 5.60 Å². The number of anilines is 1. The van der Waals surface area contributed by atoms with Crippen LogP contribution in [0.1, 0.15) is 33.6 Å². The first-order valence-electron chi connectivity index (χ1n) is 9.95. The number of piperidine rings is 1. The number of ether oxygens (including phenoxy) is 3. The van der Waals surface area contributed by atoms with Crippen LogP contribution in [0.4, 0.5) is 15.3 Å². The second-order valence-electron chi connectivity index (χ2n) is 8.43. The average molecular weight is 442 g/mol. The molecule has 0 bridgehead atoms. The number of hydrogen-bond acceptors (Lipinski definition) is 5. The van der Waals surface area contributed by atoms with Crippen molar-refractivity contribution in [2.24, 2.45) is 5.92 Å². The van der Waals surface area contributed by atoms with Crippen molar-refractivity contribution in [1.82, 2.24) is 9.80 Å². The monoisotopic (exact) mass is 441 g/mol. The van der Waals surface area contributed by atoms with Gasteiger partial charge in [-0.3, -0.25) is 0 Å². The molecule has 1 aliphatic heterocycles. The van der Waals surface area contributed by atoms with Gasteiger partial charge in [-0.2, -0.15) is 0 Å². The highest BCUT2D eigenvalue weighted by Gasteiger charge is 2.28. The molecular weight excluding hydrogens is 410 g/mol. The summed E-state index contributed by atoms with van der Waals surface area (Å²) in [4.78, 5) is 28.4. The molecule has 1 N–H and O–H groups in total. The summed E-state index contributed by atoms with van der Waals surface area (Å²) >= 11 is 6.13. The van der Waals surface area contributed by atoms with Crippen molar-refractivity contribution in [2.45, 2.75) is 39.2 Å². The maximum absolute atomic E-state index is 12.9. The van der Waals surface area contributed by atoms with Gasteiger partial charge in [0.25, 0.3) is 0 Å². The molecule has 0 aromatic heterocycles. The van der Waals surface area contributed by atoms with Crippen LogP contribution in [0, 0.1) is 5.92 Å². The number of amides is 3. The quantitative estimate of drug-likeness (QED) is 0.729. The van der Waals surface area contributed by atoms with Gasteiger partial charge in [-0.1, -0.05) is 11.6 Å². The summed E-state index contributed by atoms with van der Waals surface area (Å²) in [6, 6.07) is 3.00. The standard InChI is InChI=1S/C21H32ClN3O5/c1-21(2,3)30-20(27)24(4)12-14-8-7-9-25(13-14)19(26)23-16-11-17(28-5)15(22)10-18(16)29-6/h10-11,14H,7-9,12-13H2,1-6H3,(H,23,26). The lowest BCUT2D eigenvalue weighted by molar-refractivity contribution is 0.0253. The fourth-order valence-electron chi connectivity index (χ4n) is 3.35. The first kappa shape index (κ1) is 23.9. The summed E-state index contributed by atoms with van der Waals surface area (Å²) in [5, 5.41) is 3.28. The van der Waals surface area contributed by atoms with Gasteiger partial charge < -0.3 is 29.3 Å². The Hall–Kier alpha value is -2.35. The fraction of sp³-hybridized carbons (Fsp3) is 0.619. The van der Waals surface area contributed by atoms with Gasteiger partial charge in [0.2, 0.25) is 0 Å². The molecule has 0 saturated carbocycles. The first-order chi connectivity index (χ1) is 14.0. The van der Waals surface area contributed by atoms with Crippen molar-refractivity contribution >= 4 is 29.4 Å². The van der Waals surface area contributed by atoms with Gasteiger partial charge in [-0.05, 0) is 39.5 Å². The lowest BCUT2D eigenvalue weighted by Gasteiger charge is -2.35. The molecule has 30 heavy (non-hydrogen) atoms. The molecule has 1 aromatic rings. The molecule has 3 amide bonds. The van der Waals surface area contributed by atoms with E-state index in [1.807, 2.05) is 20.8 Å². The van der Waals surface area contributed by atoms with Gasteiger partial charge >= 0.3 is 12.1 Å². The minimum atomic E-state index is -0.539. The molecule has 168 valence electrons. The number of carbonyl (C=O) groups excluding carboxylic acids is 2. The number of halogens is 1. The van der Waals surface area contributed by atoms with Crippen LogP contribution in [-0.2, 0) is 4.74 Å². The third-order valence-electron chi connectivity index (χ3n) is 4.76. The number of nitrogens with one attached hydrogen (secondary N) is 1. The Morgan fingerprint density at radius 2 is 1.90 bits per heavy atom. The van der Waals surface area contributed by atoms with Crippen LogP contribution < -0.4 is 14.8 Å². The smallest absolute Gasteiger partial charge is 0.410 e. The normalized spacial score (nSPS) is 16.6. The summed E-state index contributed by atoms with van der Waals surface area (Å²) in [5.74, 6) is 1.07. The fourth-order valence-corrected chi connectivity index (χ4v) is 3.58.